The summed E-state index contributed by atoms with van der Waals surface area (Å²) in [6.45, 7) is 0. The first-order valence-electron chi connectivity index (χ1n) is 2.11. The van der Waals surface area contributed by atoms with Gasteiger partial charge in [-0.2, -0.15) is 0 Å². The maximum Gasteiger partial charge on any atom is 1.00 e. The van der Waals surface area contributed by atoms with E-state index in [1.54, 1.807) is 0 Å². The van der Waals surface area contributed by atoms with Crippen molar-refractivity contribution >= 4 is 36.7 Å². The monoisotopic (exact) mass is 225 g/mol. The van der Waals surface area contributed by atoms with Crippen LogP contribution in [0.15, 0.2) is 0 Å². The van der Waals surface area contributed by atoms with Crippen molar-refractivity contribution in [3.63, 3.8) is 0 Å². The van der Waals surface area contributed by atoms with Gasteiger partial charge in [0.2, 0.25) is 0 Å². The molecule has 52 valence electrons. The Labute approximate surface area is 126 Å². The molecule has 0 aromatic carbocycles. The molecule has 0 spiro atoms. The Bertz CT molecular complexity index is 292. The summed E-state index contributed by atoms with van der Waals surface area (Å²) in [6.07, 6.45) is 0. The van der Waals surface area contributed by atoms with Crippen LogP contribution in [0, 0.1) is 14.3 Å². The van der Waals surface area contributed by atoms with Gasteiger partial charge >= 0.3 is 59.1 Å². The Morgan fingerprint density at radius 2 is 0.909 bits per heavy atom. The topological polar surface area (TPSA) is 47.4 Å². The predicted molar refractivity (Wildman–Crippen MR) is 44.2 cm³/mol. The number of nitrogens with one attached hydrogen (secondary N) is 3. The summed E-state index contributed by atoms with van der Waals surface area (Å²) < 4.78 is 1.34. The Kier molecular flexibility index (Phi) is 9.80. The second-order valence-electron chi connectivity index (χ2n) is 1.36. The van der Waals surface area contributed by atoms with Gasteiger partial charge in [-0.3, -0.25) is 0 Å². The molecule has 0 aliphatic carbocycles. The van der Waals surface area contributed by atoms with E-state index in [1.807, 2.05) is 0 Å². The van der Waals surface area contributed by atoms with E-state index in [4.69, 9.17) is 36.7 Å². The van der Waals surface area contributed by atoms with E-state index >= 15 is 0 Å². The summed E-state index contributed by atoms with van der Waals surface area (Å²) in [5.74, 6) is 0. The zero-order valence-corrected chi connectivity index (χ0v) is 12.7. The van der Waals surface area contributed by atoms with Crippen LogP contribution >= 0.6 is 36.7 Å². The van der Waals surface area contributed by atoms with Crippen LogP contribution in [0.2, 0.25) is 0 Å². The zero-order chi connectivity index (χ0) is 6.85. The molecule has 1 aromatic rings. The zero-order valence-electron chi connectivity index (χ0n) is 8.22. The van der Waals surface area contributed by atoms with Gasteiger partial charge in [-0.05, 0) is 36.7 Å². The van der Waals surface area contributed by atoms with E-state index in [0.717, 1.165) is 0 Å². The molecule has 0 aliphatic rings. The van der Waals surface area contributed by atoms with Crippen LogP contribution in [0.5, 0.6) is 0 Å². The summed E-state index contributed by atoms with van der Waals surface area (Å²) in [4.78, 5) is 7.99. The smallest absolute Gasteiger partial charge is 1.00 e. The van der Waals surface area contributed by atoms with Crippen molar-refractivity contribution < 1.29 is 62.0 Å². The minimum absolute atomic E-state index is 0. The quantitative estimate of drug-likeness (QED) is 0.312. The molecule has 0 atom stereocenters. The first-order valence-corrected chi connectivity index (χ1v) is 3.34. The van der Waals surface area contributed by atoms with E-state index < -0.39 is 0 Å². The van der Waals surface area contributed by atoms with Crippen molar-refractivity contribution in [2.24, 2.45) is 0 Å². The van der Waals surface area contributed by atoms with Gasteiger partial charge in [-0.15, -0.1) is 0 Å². The molecule has 3 nitrogen and oxygen atoms in total. The maximum atomic E-state index is 4.72. The summed E-state index contributed by atoms with van der Waals surface area (Å²) in [5, 5.41) is 0. The minimum Gasteiger partial charge on any atom is -1.00 e. The van der Waals surface area contributed by atoms with Crippen LogP contribution in [0.4, 0.5) is 0 Å². The number of H-pyrrole nitrogens is 3. The first kappa shape index (κ1) is 15.2. The fraction of sp³-hybridized carbons (Fsp3) is 0. The summed E-state index contributed by atoms with van der Waals surface area (Å²) in [7, 11) is 0. The SMILES string of the molecule is S=c1[nH]c(=S)[nH]c(=S)[nH]1.[H-].[H-].[Na+].[Na+]. The molecule has 0 saturated carbocycles. The molecule has 0 bridgehead atoms. The van der Waals surface area contributed by atoms with E-state index in [2.05, 4.69) is 15.0 Å². The Hall–Kier alpha value is 1.67. The standard InChI is InChI=1S/C3H3N3S3.2Na.2H/c7-1-4-2(8)6-3(9)5-1;;;;/h(H3,4,5,6,7,8,9);;;;/q;2*+1;2*-1. The number of aromatic amines is 3. The van der Waals surface area contributed by atoms with Gasteiger partial charge in [-0.25, -0.2) is 0 Å². The molecule has 1 aromatic heterocycles. The molecule has 0 aliphatic heterocycles. The maximum absolute atomic E-state index is 4.72. The fourth-order valence-electron chi connectivity index (χ4n) is 0.403. The van der Waals surface area contributed by atoms with E-state index in [0.29, 0.717) is 14.3 Å². The van der Waals surface area contributed by atoms with Gasteiger partial charge in [0, 0.05) is 0 Å². The van der Waals surface area contributed by atoms with Crippen LogP contribution in [-0.2, 0) is 0 Å². The summed E-state index contributed by atoms with van der Waals surface area (Å²) >= 11 is 14.2. The molecule has 1 rings (SSSR count). The van der Waals surface area contributed by atoms with Crippen molar-refractivity contribution in [2.45, 2.75) is 0 Å². The van der Waals surface area contributed by atoms with E-state index in [9.17, 15) is 0 Å². The van der Waals surface area contributed by atoms with E-state index in [-0.39, 0.29) is 62.0 Å². The first-order chi connectivity index (χ1) is 4.18. The van der Waals surface area contributed by atoms with Crippen LogP contribution in [0.1, 0.15) is 2.85 Å². The number of hydrogen-bond acceptors (Lipinski definition) is 3. The third-order valence-electron chi connectivity index (χ3n) is 0.681. The molecule has 8 heteroatoms. The molecule has 1 heterocycles. The van der Waals surface area contributed by atoms with Crippen LogP contribution in [-0.4, -0.2) is 15.0 Å². The van der Waals surface area contributed by atoms with Gasteiger partial charge in [0.05, 0.1) is 0 Å². The Balaban J connectivity index is -0.000000101. The van der Waals surface area contributed by atoms with Gasteiger partial charge in [-0.1, -0.05) is 0 Å². The van der Waals surface area contributed by atoms with Gasteiger partial charge < -0.3 is 17.8 Å². The van der Waals surface area contributed by atoms with Crippen molar-refractivity contribution in [2.75, 3.05) is 0 Å². The van der Waals surface area contributed by atoms with E-state index in [1.165, 1.54) is 0 Å². The fourth-order valence-corrected chi connectivity index (χ4v) is 1.21. The molecule has 3 N–H and O–H groups in total. The molecule has 0 saturated heterocycles. The minimum atomic E-state index is 0. The number of rotatable bonds is 0. The van der Waals surface area contributed by atoms with Crippen LogP contribution in [0.3, 0.4) is 0 Å². The largest absolute Gasteiger partial charge is 1.00 e. The van der Waals surface area contributed by atoms with Crippen molar-refractivity contribution in [1.29, 1.82) is 0 Å². The summed E-state index contributed by atoms with van der Waals surface area (Å²) in [6, 6.07) is 0. The van der Waals surface area contributed by atoms with Crippen molar-refractivity contribution in [1.82, 2.24) is 15.0 Å². The van der Waals surface area contributed by atoms with Crippen LogP contribution in [0.25, 0.3) is 0 Å². The normalized spacial score (nSPS) is 7.64. The number of aromatic nitrogens is 3. The third kappa shape index (κ3) is 5.84. The van der Waals surface area contributed by atoms with Crippen molar-refractivity contribution in [3.05, 3.63) is 14.3 Å². The predicted octanol–water partition coefficient (Wildman–Crippen LogP) is -3.91. The average Bonchev–Trinajstić information content (AvgIpc) is 1.59. The van der Waals surface area contributed by atoms with Gasteiger partial charge in [0.25, 0.3) is 0 Å². The van der Waals surface area contributed by atoms with Gasteiger partial charge in [0.15, 0.2) is 14.3 Å². The Morgan fingerprint density at radius 1 is 0.727 bits per heavy atom. The molecular formula is C3H5N3Na2S3. The second-order valence-corrected chi connectivity index (χ2v) is 2.59. The van der Waals surface area contributed by atoms with Crippen molar-refractivity contribution in [3.8, 4) is 0 Å². The molecular weight excluding hydrogens is 220 g/mol. The molecule has 0 fully saturated rings. The molecule has 11 heavy (non-hydrogen) atoms. The average molecular weight is 225 g/mol. The Morgan fingerprint density at radius 3 is 1.09 bits per heavy atom. The van der Waals surface area contributed by atoms with Crippen LogP contribution < -0.4 is 59.1 Å². The molecule has 0 amide bonds. The second kappa shape index (κ2) is 7.11. The molecule has 0 radical (unpaired) electrons. The summed E-state index contributed by atoms with van der Waals surface area (Å²) in [5.41, 5.74) is 0. The number of hydrogen-bond donors (Lipinski definition) is 3. The molecule has 0 unspecified atom stereocenters. The third-order valence-corrected chi connectivity index (χ3v) is 1.29. The van der Waals surface area contributed by atoms with Gasteiger partial charge in [0.1, 0.15) is 0 Å².